The molecule has 3 atom stereocenters. The molecule has 2 rings (SSSR count). The summed E-state index contributed by atoms with van der Waals surface area (Å²) in [6.45, 7) is 16.8. The first-order chi connectivity index (χ1) is 16.2. The predicted molar refractivity (Wildman–Crippen MR) is 148 cm³/mol. The number of halogens is 1. The maximum Gasteiger partial charge on any atom is 0.265 e. The van der Waals surface area contributed by atoms with Crippen LogP contribution in [0.3, 0.4) is 0 Å². The Morgan fingerprint density at radius 3 is 2.79 bits per heavy atom. The van der Waals surface area contributed by atoms with Crippen LogP contribution in [-0.2, 0) is 9.53 Å². The summed E-state index contributed by atoms with van der Waals surface area (Å²) in [7, 11) is 0. The molecule has 0 saturated carbocycles. The highest BCUT2D eigenvalue weighted by atomic mass is 35.5. The van der Waals surface area contributed by atoms with Crippen LogP contribution in [0.1, 0.15) is 59.8 Å². The van der Waals surface area contributed by atoms with Gasteiger partial charge in [-0.2, -0.15) is 4.99 Å². The molecule has 0 aromatic heterocycles. The Labute approximate surface area is 215 Å². The second-order valence-corrected chi connectivity index (χ2v) is 11.2. The van der Waals surface area contributed by atoms with Crippen LogP contribution in [-0.4, -0.2) is 34.6 Å². The Hall–Kier alpha value is -1.82. The van der Waals surface area contributed by atoms with Crippen molar-refractivity contribution in [2.45, 2.75) is 70.1 Å². The fraction of sp³-hybridized carbons (Fsp3) is 0.500. The van der Waals surface area contributed by atoms with Gasteiger partial charge in [-0.05, 0) is 70.6 Å². The third-order valence-electron chi connectivity index (χ3n) is 6.32. The molecule has 0 aromatic carbocycles. The van der Waals surface area contributed by atoms with Gasteiger partial charge in [0.15, 0.2) is 5.17 Å². The Morgan fingerprint density at radius 2 is 2.15 bits per heavy atom. The Bertz CT molecular complexity index is 913. The first-order valence-electron chi connectivity index (χ1n) is 12.0. The highest BCUT2D eigenvalue weighted by Crippen LogP contribution is 2.48. The van der Waals surface area contributed by atoms with Gasteiger partial charge in [0.1, 0.15) is 4.75 Å². The van der Waals surface area contributed by atoms with Crippen molar-refractivity contribution in [1.82, 2.24) is 5.32 Å². The van der Waals surface area contributed by atoms with Crippen molar-refractivity contribution in [3.63, 3.8) is 0 Å². The van der Waals surface area contributed by atoms with Gasteiger partial charge < -0.3 is 10.1 Å². The van der Waals surface area contributed by atoms with Crippen molar-refractivity contribution >= 4 is 34.4 Å². The summed E-state index contributed by atoms with van der Waals surface area (Å²) < 4.78 is 5.34. The molecule has 0 aromatic rings. The third-order valence-corrected chi connectivity index (χ3v) is 7.74. The number of nitrogens with zero attached hydrogens (tertiary/aromatic N) is 1. The molecular weight excluding hydrogens is 464 g/mol. The molecule has 0 radical (unpaired) electrons. The van der Waals surface area contributed by atoms with E-state index < -0.39 is 10.3 Å². The van der Waals surface area contributed by atoms with Crippen LogP contribution >= 0.6 is 23.4 Å². The lowest BCUT2D eigenvalue weighted by Gasteiger charge is -2.32. The van der Waals surface area contributed by atoms with Crippen molar-refractivity contribution in [2.75, 3.05) is 13.2 Å². The monoisotopic (exact) mass is 502 g/mol. The maximum atomic E-state index is 13.2. The van der Waals surface area contributed by atoms with Gasteiger partial charge in [-0.1, -0.05) is 72.8 Å². The van der Waals surface area contributed by atoms with E-state index in [4.69, 9.17) is 16.3 Å². The van der Waals surface area contributed by atoms with Gasteiger partial charge >= 0.3 is 0 Å². The molecule has 0 spiro atoms. The van der Waals surface area contributed by atoms with E-state index in [-0.39, 0.29) is 11.8 Å². The van der Waals surface area contributed by atoms with Crippen molar-refractivity contribution < 1.29 is 9.53 Å². The lowest BCUT2D eigenvalue weighted by molar-refractivity contribution is -0.120. The van der Waals surface area contributed by atoms with Crippen LogP contribution in [0.25, 0.3) is 0 Å². The Kier molecular flexibility index (Phi) is 11.1. The molecule has 0 fully saturated rings. The molecule has 4 nitrogen and oxygen atoms in total. The number of aliphatic imine (C=N–C) groups is 1. The number of rotatable bonds is 11. The van der Waals surface area contributed by atoms with Gasteiger partial charge in [0.05, 0.1) is 12.2 Å². The number of hydrogen-bond donors (Lipinski definition) is 1. The molecular formula is C28H39ClN2O2S. The van der Waals surface area contributed by atoms with E-state index in [2.05, 4.69) is 36.5 Å². The van der Waals surface area contributed by atoms with E-state index >= 15 is 0 Å². The van der Waals surface area contributed by atoms with Gasteiger partial charge in [-0.25, -0.2) is 0 Å². The Balaban J connectivity index is 2.15. The molecule has 1 heterocycles. The largest absolute Gasteiger partial charge is 0.367 e. The molecule has 0 saturated heterocycles. The van der Waals surface area contributed by atoms with Gasteiger partial charge in [-0.15, -0.1) is 6.58 Å². The number of carbonyl (C=O) groups excluding carboxylic acids is 1. The number of thioether (sulfide) groups is 1. The Morgan fingerprint density at radius 1 is 1.38 bits per heavy atom. The number of amidine groups is 1. The molecule has 0 bridgehead atoms. The smallest absolute Gasteiger partial charge is 0.265 e. The average molecular weight is 503 g/mol. The SMILES string of the molecule is C=CCOC(C)(/C=C/C=C\C)CCNC1=NC(=O)C(C)(C2CCCCC(C=C)=C2/C=C(\C)Cl)S1. The maximum absolute atomic E-state index is 13.2. The number of hydrogen-bond acceptors (Lipinski definition) is 4. The van der Waals surface area contributed by atoms with E-state index in [9.17, 15) is 4.79 Å². The topological polar surface area (TPSA) is 50.7 Å². The summed E-state index contributed by atoms with van der Waals surface area (Å²) in [6, 6.07) is 0. The number of carbonyl (C=O) groups is 1. The zero-order valence-electron chi connectivity index (χ0n) is 21.0. The minimum absolute atomic E-state index is 0.0298. The molecule has 1 N–H and O–H groups in total. The van der Waals surface area contributed by atoms with Crippen molar-refractivity contribution in [2.24, 2.45) is 10.9 Å². The number of allylic oxidation sites excluding steroid dienone is 8. The van der Waals surface area contributed by atoms with Crippen LogP contribution in [0.2, 0.25) is 0 Å². The molecule has 1 aliphatic heterocycles. The van der Waals surface area contributed by atoms with Crippen LogP contribution < -0.4 is 5.32 Å². The second-order valence-electron chi connectivity index (χ2n) is 9.12. The first-order valence-corrected chi connectivity index (χ1v) is 13.2. The minimum atomic E-state index is -0.673. The van der Waals surface area contributed by atoms with E-state index in [0.717, 1.165) is 37.7 Å². The van der Waals surface area contributed by atoms with Gasteiger partial charge in [0.2, 0.25) is 0 Å². The quantitative estimate of drug-likeness (QED) is 0.238. The van der Waals surface area contributed by atoms with E-state index in [1.165, 1.54) is 17.3 Å². The lowest BCUT2D eigenvalue weighted by atomic mass is 9.81. The van der Waals surface area contributed by atoms with Crippen LogP contribution in [0.5, 0.6) is 0 Å². The number of amides is 1. The van der Waals surface area contributed by atoms with Crippen molar-refractivity contribution in [3.05, 3.63) is 71.9 Å². The van der Waals surface area contributed by atoms with Gasteiger partial charge in [0.25, 0.3) is 5.91 Å². The zero-order chi connectivity index (χ0) is 25.2. The highest BCUT2D eigenvalue weighted by molar-refractivity contribution is 8.16. The summed E-state index contributed by atoms with van der Waals surface area (Å²) >= 11 is 7.83. The van der Waals surface area contributed by atoms with Crippen LogP contribution in [0.4, 0.5) is 0 Å². The van der Waals surface area contributed by atoms with E-state index in [1.807, 2.05) is 51.2 Å². The normalized spacial score (nSPS) is 26.0. The average Bonchev–Trinajstić information content (AvgIpc) is 2.95. The van der Waals surface area contributed by atoms with Gasteiger partial charge in [-0.3, -0.25) is 4.79 Å². The summed E-state index contributed by atoms with van der Waals surface area (Å²) in [5.74, 6) is -0.0608. The third kappa shape index (κ3) is 7.59. The lowest BCUT2D eigenvalue weighted by Crippen LogP contribution is -2.38. The standard InChI is InChI=1S/C28H39ClN2O2S/c1-7-10-13-16-27(5,33-19-8-2)17-18-30-26-31-25(32)28(6,34-26)24-15-12-11-14-22(9-3)23(24)20-21(4)29/h7-10,13,16,20,24H,2-3,11-12,14-15,17-19H2,1,4-6H3,(H,30,31,32)/b10-7-,16-13+,21-20+. The van der Waals surface area contributed by atoms with Crippen molar-refractivity contribution in [1.29, 1.82) is 0 Å². The van der Waals surface area contributed by atoms with Crippen LogP contribution in [0.15, 0.2) is 76.9 Å². The zero-order valence-corrected chi connectivity index (χ0v) is 22.6. The number of nitrogens with one attached hydrogen (secondary N) is 1. The van der Waals surface area contributed by atoms with Gasteiger partial charge in [0, 0.05) is 17.5 Å². The molecule has 34 heavy (non-hydrogen) atoms. The number of ether oxygens (including phenoxy) is 1. The molecule has 2 aliphatic rings. The first kappa shape index (κ1) is 28.4. The van der Waals surface area contributed by atoms with E-state index in [1.54, 1.807) is 6.08 Å². The summed E-state index contributed by atoms with van der Waals surface area (Å²) in [6.07, 6.45) is 18.4. The highest BCUT2D eigenvalue weighted by Gasteiger charge is 2.49. The molecule has 6 heteroatoms. The second kappa shape index (κ2) is 13.3. The van der Waals surface area contributed by atoms with Crippen LogP contribution in [0, 0.1) is 5.92 Å². The summed E-state index contributed by atoms with van der Waals surface area (Å²) in [4.78, 5) is 17.6. The molecule has 1 aliphatic carbocycles. The van der Waals surface area contributed by atoms with E-state index in [0.29, 0.717) is 23.4 Å². The fourth-order valence-corrected chi connectivity index (χ4v) is 5.74. The molecule has 1 amide bonds. The predicted octanol–water partition coefficient (Wildman–Crippen LogP) is 7.26. The summed E-state index contributed by atoms with van der Waals surface area (Å²) in [5.41, 5.74) is 1.86. The molecule has 3 unspecified atom stereocenters. The molecule has 186 valence electrons. The fourth-order valence-electron chi connectivity index (χ4n) is 4.39. The summed E-state index contributed by atoms with van der Waals surface area (Å²) in [5, 5.41) is 4.77. The minimum Gasteiger partial charge on any atom is -0.367 e. The van der Waals surface area contributed by atoms with Crippen molar-refractivity contribution in [3.8, 4) is 0 Å².